The number of aromatic amines is 1. The second-order valence-corrected chi connectivity index (χ2v) is 5.85. The number of hydrogen-bond acceptors (Lipinski definition) is 1. The van der Waals surface area contributed by atoms with Crippen LogP contribution in [0.5, 0.6) is 0 Å². The summed E-state index contributed by atoms with van der Waals surface area (Å²) >= 11 is 6.06. The number of rotatable bonds is 2. The molecule has 3 heteroatoms. The van der Waals surface area contributed by atoms with Crippen LogP contribution in [-0.4, -0.2) is 16.4 Å². The van der Waals surface area contributed by atoms with E-state index in [0.29, 0.717) is 5.92 Å². The molecule has 0 radical (unpaired) electrons. The van der Waals surface area contributed by atoms with Crippen LogP contribution in [0.1, 0.15) is 5.56 Å². The number of allylic oxidation sites excluding steroid dienone is 3. The number of benzene rings is 1. The second-order valence-electron chi connectivity index (χ2n) is 5.41. The zero-order valence-electron chi connectivity index (χ0n) is 11.0. The van der Waals surface area contributed by atoms with Crippen LogP contribution in [0.2, 0.25) is 0 Å². The van der Waals surface area contributed by atoms with Crippen molar-refractivity contribution in [3.8, 4) is 0 Å². The molecule has 2 aliphatic rings. The molecule has 1 aromatic heterocycles. The smallest absolute Gasteiger partial charge is 0.0457 e. The standard InChI is InChI=1S/C17H15ClN2/c18-15-6-5-12-9-20(10-13(12)7-15)11-14-8-19-17-4-2-1-3-16(14)17/h1-8,10,12,19H,9,11H2. The molecule has 1 aliphatic heterocycles. The van der Waals surface area contributed by atoms with Gasteiger partial charge in [-0.25, -0.2) is 0 Å². The largest absolute Gasteiger partial charge is 0.372 e. The van der Waals surface area contributed by atoms with Crippen LogP contribution in [0.4, 0.5) is 0 Å². The number of nitrogens with one attached hydrogen (secondary N) is 1. The Balaban J connectivity index is 1.60. The van der Waals surface area contributed by atoms with Crippen molar-refractivity contribution in [3.63, 3.8) is 0 Å². The van der Waals surface area contributed by atoms with E-state index in [2.05, 4.69) is 58.7 Å². The fraction of sp³-hybridized carbons (Fsp3) is 0.176. The van der Waals surface area contributed by atoms with E-state index in [1.807, 2.05) is 6.08 Å². The summed E-state index contributed by atoms with van der Waals surface area (Å²) in [5.74, 6) is 0.489. The van der Waals surface area contributed by atoms with E-state index in [1.54, 1.807) is 0 Å². The molecule has 1 N–H and O–H groups in total. The summed E-state index contributed by atoms with van der Waals surface area (Å²) in [6.45, 7) is 1.97. The number of halogens is 1. The quantitative estimate of drug-likeness (QED) is 0.876. The van der Waals surface area contributed by atoms with Gasteiger partial charge < -0.3 is 9.88 Å². The predicted molar refractivity (Wildman–Crippen MR) is 83.4 cm³/mol. The summed E-state index contributed by atoms with van der Waals surface area (Å²) in [6.07, 6.45) is 10.6. The molecular formula is C17H15ClN2. The maximum atomic E-state index is 6.06. The molecule has 0 saturated carbocycles. The number of para-hydroxylation sites is 1. The zero-order chi connectivity index (χ0) is 13.5. The minimum absolute atomic E-state index is 0.489. The van der Waals surface area contributed by atoms with E-state index in [9.17, 15) is 0 Å². The highest BCUT2D eigenvalue weighted by molar-refractivity contribution is 6.31. The number of fused-ring (bicyclic) bond motifs is 2. The molecular weight excluding hydrogens is 268 g/mol. The van der Waals surface area contributed by atoms with Gasteiger partial charge in [-0.05, 0) is 29.4 Å². The van der Waals surface area contributed by atoms with Gasteiger partial charge in [0.1, 0.15) is 0 Å². The number of nitrogens with zero attached hydrogens (tertiary/aromatic N) is 1. The number of H-pyrrole nitrogens is 1. The highest BCUT2D eigenvalue weighted by Gasteiger charge is 2.23. The lowest BCUT2D eigenvalue weighted by molar-refractivity contribution is 0.381. The monoisotopic (exact) mass is 282 g/mol. The third kappa shape index (κ3) is 1.97. The fourth-order valence-electron chi connectivity index (χ4n) is 3.04. The first kappa shape index (κ1) is 11.9. The maximum absolute atomic E-state index is 6.06. The normalized spacial score (nSPS) is 21.1. The molecule has 20 heavy (non-hydrogen) atoms. The molecule has 0 fully saturated rings. The van der Waals surface area contributed by atoms with Crippen molar-refractivity contribution < 1.29 is 0 Å². The fourth-order valence-corrected chi connectivity index (χ4v) is 3.24. The molecule has 1 atom stereocenters. The summed E-state index contributed by atoms with van der Waals surface area (Å²) < 4.78 is 0. The van der Waals surface area contributed by atoms with E-state index < -0.39 is 0 Å². The first-order chi connectivity index (χ1) is 9.79. The molecule has 4 rings (SSSR count). The lowest BCUT2D eigenvalue weighted by atomic mass is 9.98. The number of hydrogen-bond donors (Lipinski definition) is 1. The summed E-state index contributed by atoms with van der Waals surface area (Å²) in [7, 11) is 0. The summed E-state index contributed by atoms with van der Waals surface area (Å²) in [4.78, 5) is 5.70. The second kappa shape index (κ2) is 4.57. The summed E-state index contributed by atoms with van der Waals surface area (Å²) in [5.41, 5.74) is 3.86. The summed E-state index contributed by atoms with van der Waals surface area (Å²) in [6, 6.07) is 8.44. The van der Waals surface area contributed by atoms with Gasteiger partial charge in [0, 0.05) is 47.3 Å². The molecule has 2 nitrogen and oxygen atoms in total. The van der Waals surface area contributed by atoms with E-state index in [-0.39, 0.29) is 0 Å². The van der Waals surface area contributed by atoms with E-state index in [1.165, 1.54) is 22.0 Å². The Morgan fingerprint density at radius 2 is 2.20 bits per heavy atom. The van der Waals surface area contributed by atoms with E-state index in [0.717, 1.165) is 18.1 Å². The predicted octanol–water partition coefficient (Wildman–Crippen LogP) is 4.18. The van der Waals surface area contributed by atoms with Crippen LogP contribution in [0.3, 0.4) is 0 Å². The third-order valence-electron chi connectivity index (χ3n) is 4.03. The van der Waals surface area contributed by atoms with Gasteiger partial charge in [0.2, 0.25) is 0 Å². The molecule has 0 amide bonds. The van der Waals surface area contributed by atoms with Crippen molar-refractivity contribution in [1.82, 2.24) is 9.88 Å². The van der Waals surface area contributed by atoms with Crippen molar-refractivity contribution in [2.24, 2.45) is 5.92 Å². The Bertz CT molecular complexity index is 751. The highest BCUT2D eigenvalue weighted by atomic mass is 35.5. The zero-order valence-corrected chi connectivity index (χ0v) is 11.8. The Hall–Kier alpha value is -1.93. The van der Waals surface area contributed by atoms with Gasteiger partial charge in [0.15, 0.2) is 0 Å². The molecule has 1 aliphatic carbocycles. The Kier molecular flexibility index (Phi) is 2.71. The lowest BCUT2D eigenvalue weighted by Crippen LogP contribution is -2.17. The molecule has 1 unspecified atom stereocenters. The van der Waals surface area contributed by atoms with Gasteiger partial charge in [-0.3, -0.25) is 0 Å². The van der Waals surface area contributed by atoms with Gasteiger partial charge in [-0.1, -0.05) is 35.9 Å². The van der Waals surface area contributed by atoms with Crippen LogP contribution in [0, 0.1) is 5.92 Å². The van der Waals surface area contributed by atoms with Gasteiger partial charge in [-0.15, -0.1) is 0 Å². The first-order valence-corrected chi connectivity index (χ1v) is 7.23. The van der Waals surface area contributed by atoms with E-state index >= 15 is 0 Å². The molecule has 2 aromatic rings. The molecule has 2 heterocycles. The summed E-state index contributed by atoms with van der Waals surface area (Å²) in [5, 5.41) is 2.13. The number of aromatic nitrogens is 1. The van der Waals surface area contributed by atoms with Crippen molar-refractivity contribution >= 4 is 22.5 Å². The average Bonchev–Trinajstić information content (AvgIpc) is 3.03. The minimum atomic E-state index is 0.489. The molecule has 100 valence electrons. The van der Waals surface area contributed by atoms with Crippen molar-refractivity contribution in [3.05, 3.63) is 71.1 Å². The van der Waals surface area contributed by atoms with Gasteiger partial charge in [0.05, 0.1) is 0 Å². The van der Waals surface area contributed by atoms with Crippen LogP contribution < -0.4 is 0 Å². The Labute approximate surface area is 123 Å². The Morgan fingerprint density at radius 1 is 1.30 bits per heavy atom. The highest BCUT2D eigenvalue weighted by Crippen LogP contribution is 2.31. The molecule has 0 bridgehead atoms. The Morgan fingerprint density at radius 3 is 3.15 bits per heavy atom. The van der Waals surface area contributed by atoms with Crippen LogP contribution >= 0.6 is 11.6 Å². The third-order valence-corrected chi connectivity index (χ3v) is 4.27. The van der Waals surface area contributed by atoms with Crippen LogP contribution in [0.25, 0.3) is 10.9 Å². The topological polar surface area (TPSA) is 19.0 Å². The molecule has 1 aromatic carbocycles. The van der Waals surface area contributed by atoms with E-state index in [4.69, 9.17) is 11.6 Å². The van der Waals surface area contributed by atoms with Crippen molar-refractivity contribution in [1.29, 1.82) is 0 Å². The first-order valence-electron chi connectivity index (χ1n) is 6.86. The molecule has 0 saturated heterocycles. The van der Waals surface area contributed by atoms with Crippen molar-refractivity contribution in [2.75, 3.05) is 6.54 Å². The molecule has 0 spiro atoms. The minimum Gasteiger partial charge on any atom is -0.372 e. The van der Waals surface area contributed by atoms with Crippen LogP contribution in [-0.2, 0) is 6.54 Å². The van der Waals surface area contributed by atoms with Gasteiger partial charge in [-0.2, -0.15) is 0 Å². The van der Waals surface area contributed by atoms with Crippen molar-refractivity contribution in [2.45, 2.75) is 6.54 Å². The maximum Gasteiger partial charge on any atom is 0.0457 e. The lowest BCUT2D eigenvalue weighted by Gasteiger charge is -2.17. The average molecular weight is 283 g/mol. The van der Waals surface area contributed by atoms with Gasteiger partial charge in [0.25, 0.3) is 0 Å². The van der Waals surface area contributed by atoms with Gasteiger partial charge >= 0.3 is 0 Å². The SMILES string of the molecule is ClC1=CC2=CN(Cc3c[nH]c4ccccc34)CC2C=C1. The van der Waals surface area contributed by atoms with Crippen LogP contribution in [0.15, 0.2) is 65.5 Å².